The van der Waals surface area contributed by atoms with E-state index < -0.39 is 0 Å². The summed E-state index contributed by atoms with van der Waals surface area (Å²) in [6.07, 6.45) is 4.55. The van der Waals surface area contributed by atoms with E-state index in [1.165, 1.54) is 6.08 Å². The SMILES string of the molecule is O=C(C=Cc1ccco1)Nc1ccc(Cl)c(Br)c1. The van der Waals surface area contributed by atoms with Gasteiger partial charge in [0.25, 0.3) is 0 Å². The fraction of sp³-hybridized carbons (Fsp3) is 0. The number of halogens is 2. The molecule has 92 valence electrons. The van der Waals surface area contributed by atoms with E-state index in [1.54, 1.807) is 42.7 Å². The van der Waals surface area contributed by atoms with Crippen molar-refractivity contribution in [1.29, 1.82) is 0 Å². The summed E-state index contributed by atoms with van der Waals surface area (Å²) in [6, 6.07) is 8.70. The quantitative estimate of drug-likeness (QED) is 0.852. The van der Waals surface area contributed by atoms with Crippen molar-refractivity contribution in [2.75, 3.05) is 5.32 Å². The van der Waals surface area contributed by atoms with Crippen LogP contribution in [0.5, 0.6) is 0 Å². The molecule has 0 aliphatic heterocycles. The second-order valence-electron chi connectivity index (χ2n) is 3.47. The van der Waals surface area contributed by atoms with Crippen LogP contribution in [0.3, 0.4) is 0 Å². The highest BCUT2D eigenvalue weighted by molar-refractivity contribution is 9.10. The second-order valence-corrected chi connectivity index (χ2v) is 4.73. The maximum atomic E-state index is 11.6. The maximum Gasteiger partial charge on any atom is 0.248 e. The summed E-state index contributed by atoms with van der Waals surface area (Å²) in [4.78, 5) is 11.6. The molecule has 0 spiro atoms. The number of rotatable bonds is 3. The van der Waals surface area contributed by atoms with E-state index in [9.17, 15) is 4.79 Å². The molecule has 0 fully saturated rings. The number of hydrogen-bond acceptors (Lipinski definition) is 2. The lowest BCUT2D eigenvalue weighted by molar-refractivity contribution is -0.111. The Bertz CT molecular complexity index is 579. The summed E-state index contributed by atoms with van der Waals surface area (Å²) in [6.45, 7) is 0. The predicted octanol–water partition coefficient (Wildman–Crippen LogP) is 4.35. The molecule has 1 aromatic heterocycles. The number of furan rings is 1. The minimum Gasteiger partial charge on any atom is -0.465 e. The van der Waals surface area contributed by atoms with Crippen LogP contribution in [0.25, 0.3) is 6.08 Å². The molecular formula is C13H9BrClNO2. The number of anilines is 1. The molecule has 0 aliphatic rings. The fourth-order valence-corrected chi connectivity index (χ4v) is 1.80. The second kappa shape index (κ2) is 5.89. The lowest BCUT2D eigenvalue weighted by atomic mass is 10.3. The molecule has 2 rings (SSSR count). The van der Waals surface area contributed by atoms with Gasteiger partial charge in [-0.1, -0.05) is 11.6 Å². The van der Waals surface area contributed by atoms with Gasteiger partial charge in [-0.05, 0) is 52.3 Å². The number of amides is 1. The first-order chi connectivity index (χ1) is 8.65. The number of hydrogen-bond donors (Lipinski definition) is 1. The van der Waals surface area contributed by atoms with Crippen LogP contribution in [-0.2, 0) is 4.79 Å². The lowest BCUT2D eigenvalue weighted by Crippen LogP contribution is -2.07. The molecule has 5 heteroatoms. The molecule has 1 amide bonds. The van der Waals surface area contributed by atoms with E-state index in [0.717, 1.165) is 4.47 Å². The van der Waals surface area contributed by atoms with Crippen LogP contribution < -0.4 is 5.32 Å². The normalized spacial score (nSPS) is 10.8. The van der Waals surface area contributed by atoms with E-state index in [-0.39, 0.29) is 5.91 Å². The van der Waals surface area contributed by atoms with Crippen molar-refractivity contribution in [3.63, 3.8) is 0 Å². The van der Waals surface area contributed by atoms with Crippen LogP contribution in [0.15, 0.2) is 51.6 Å². The molecule has 0 bridgehead atoms. The number of benzene rings is 1. The van der Waals surface area contributed by atoms with E-state index in [0.29, 0.717) is 16.5 Å². The minimum atomic E-state index is -0.236. The molecule has 3 nitrogen and oxygen atoms in total. The Morgan fingerprint density at radius 2 is 2.22 bits per heavy atom. The van der Waals surface area contributed by atoms with Crippen molar-refractivity contribution in [3.05, 3.63) is 57.9 Å². The highest BCUT2D eigenvalue weighted by atomic mass is 79.9. The summed E-state index contributed by atoms with van der Waals surface area (Å²) in [5.41, 5.74) is 0.667. The maximum absolute atomic E-state index is 11.6. The molecule has 0 atom stereocenters. The molecule has 0 aliphatic carbocycles. The van der Waals surface area contributed by atoms with Crippen LogP contribution in [0, 0.1) is 0 Å². The van der Waals surface area contributed by atoms with Crippen molar-refractivity contribution in [3.8, 4) is 0 Å². The minimum absolute atomic E-state index is 0.236. The van der Waals surface area contributed by atoms with Gasteiger partial charge < -0.3 is 9.73 Å². The van der Waals surface area contributed by atoms with E-state index in [4.69, 9.17) is 16.0 Å². The van der Waals surface area contributed by atoms with E-state index in [2.05, 4.69) is 21.2 Å². The first-order valence-corrected chi connectivity index (χ1v) is 6.30. The zero-order chi connectivity index (χ0) is 13.0. The molecule has 1 N–H and O–H groups in total. The van der Waals surface area contributed by atoms with Crippen LogP contribution in [0.1, 0.15) is 5.76 Å². The highest BCUT2D eigenvalue weighted by Gasteiger charge is 2.01. The summed E-state index contributed by atoms with van der Waals surface area (Å²) in [5.74, 6) is 0.392. The van der Waals surface area contributed by atoms with Gasteiger partial charge in [-0.25, -0.2) is 0 Å². The molecule has 0 radical (unpaired) electrons. The summed E-state index contributed by atoms with van der Waals surface area (Å²) in [7, 11) is 0. The number of carbonyl (C=O) groups is 1. The van der Waals surface area contributed by atoms with E-state index >= 15 is 0 Å². The third-order valence-electron chi connectivity index (χ3n) is 2.13. The third-order valence-corrected chi connectivity index (χ3v) is 3.34. The van der Waals surface area contributed by atoms with Crippen LogP contribution in [-0.4, -0.2) is 5.91 Å². The zero-order valence-electron chi connectivity index (χ0n) is 9.19. The van der Waals surface area contributed by atoms with Gasteiger partial charge in [0.2, 0.25) is 5.91 Å². The average Bonchev–Trinajstić information content (AvgIpc) is 2.84. The average molecular weight is 327 g/mol. The van der Waals surface area contributed by atoms with Crippen molar-refractivity contribution < 1.29 is 9.21 Å². The smallest absolute Gasteiger partial charge is 0.248 e. The molecule has 18 heavy (non-hydrogen) atoms. The Morgan fingerprint density at radius 3 is 2.89 bits per heavy atom. The standard InChI is InChI=1S/C13H9BrClNO2/c14-11-8-9(3-5-12(11)15)16-13(17)6-4-10-2-1-7-18-10/h1-8H,(H,16,17). The highest BCUT2D eigenvalue weighted by Crippen LogP contribution is 2.25. The monoisotopic (exact) mass is 325 g/mol. The topological polar surface area (TPSA) is 42.2 Å². The molecular weight excluding hydrogens is 318 g/mol. The van der Waals surface area contributed by atoms with Gasteiger partial charge in [-0.2, -0.15) is 0 Å². The largest absolute Gasteiger partial charge is 0.465 e. The molecule has 0 saturated carbocycles. The molecule has 0 saturated heterocycles. The zero-order valence-corrected chi connectivity index (χ0v) is 11.5. The summed E-state index contributed by atoms with van der Waals surface area (Å²) >= 11 is 9.15. The van der Waals surface area contributed by atoms with Crippen molar-refractivity contribution in [2.24, 2.45) is 0 Å². The fourth-order valence-electron chi connectivity index (χ4n) is 1.30. The predicted molar refractivity (Wildman–Crippen MR) is 75.5 cm³/mol. The van der Waals surface area contributed by atoms with Gasteiger partial charge in [0.05, 0.1) is 11.3 Å². The molecule has 2 aromatic rings. The number of nitrogens with one attached hydrogen (secondary N) is 1. The van der Waals surface area contributed by atoms with Gasteiger partial charge in [-0.15, -0.1) is 0 Å². The molecule has 0 unspecified atom stereocenters. The van der Waals surface area contributed by atoms with Gasteiger partial charge in [0.1, 0.15) is 5.76 Å². The Kier molecular flexibility index (Phi) is 4.23. The van der Waals surface area contributed by atoms with Gasteiger partial charge in [0.15, 0.2) is 0 Å². The number of carbonyl (C=O) groups excluding carboxylic acids is 1. The van der Waals surface area contributed by atoms with Crippen LogP contribution >= 0.6 is 27.5 Å². The first-order valence-electron chi connectivity index (χ1n) is 5.13. The van der Waals surface area contributed by atoms with Gasteiger partial charge in [0, 0.05) is 16.2 Å². The molecule has 1 heterocycles. The van der Waals surface area contributed by atoms with Crippen molar-refractivity contribution in [2.45, 2.75) is 0 Å². The summed E-state index contributed by atoms with van der Waals surface area (Å²) in [5, 5.41) is 3.31. The van der Waals surface area contributed by atoms with Crippen molar-refractivity contribution in [1.82, 2.24) is 0 Å². The Morgan fingerprint density at radius 1 is 1.39 bits per heavy atom. The Labute approximate surface area is 118 Å². The van der Waals surface area contributed by atoms with Crippen LogP contribution in [0.4, 0.5) is 5.69 Å². The van der Waals surface area contributed by atoms with Gasteiger partial charge in [-0.3, -0.25) is 4.79 Å². The van der Waals surface area contributed by atoms with Gasteiger partial charge >= 0.3 is 0 Å². The lowest BCUT2D eigenvalue weighted by Gasteiger charge is -2.03. The van der Waals surface area contributed by atoms with Crippen molar-refractivity contribution >= 4 is 45.2 Å². The Hall–Kier alpha value is -1.52. The molecule has 1 aromatic carbocycles. The summed E-state index contributed by atoms with van der Waals surface area (Å²) < 4.78 is 5.81. The first kappa shape index (κ1) is 12.9. The Balaban J connectivity index is 2.01. The third kappa shape index (κ3) is 3.48. The van der Waals surface area contributed by atoms with Crippen LogP contribution in [0.2, 0.25) is 5.02 Å². The van der Waals surface area contributed by atoms with E-state index in [1.807, 2.05) is 0 Å².